The third-order valence-corrected chi connectivity index (χ3v) is 4.01. The lowest BCUT2D eigenvalue weighted by Gasteiger charge is -2.30. The van der Waals surface area contributed by atoms with E-state index in [1.54, 1.807) is 14.2 Å². The van der Waals surface area contributed by atoms with E-state index < -0.39 is 0 Å². The van der Waals surface area contributed by atoms with E-state index in [0.29, 0.717) is 13.0 Å². The molecule has 0 aromatic carbocycles. The molecule has 1 amide bonds. The molecule has 21 heavy (non-hydrogen) atoms. The second-order valence-electron chi connectivity index (χ2n) is 5.51. The van der Waals surface area contributed by atoms with Gasteiger partial charge in [0.25, 0.3) is 0 Å². The lowest BCUT2D eigenvalue weighted by molar-refractivity contribution is -0.138. The van der Waals surface area contributed by atoms with Crippen molar-refractivity contribution < 1.29 is 14.4 Å². The van der Waals surface area contributed by atoms with Gasteiger partial charge in [-0.05, 0) is 25.9 Å². The molecule has 2 aliphatic heterocycles. The molecule has 7 heteroatoms. The van der Waals surface area contributed by atoms with Crippen molar-refractivity contribution in [3.05, 3.63) is 0 Å². The average molecular weight is 298 g/mol. The molecule has 1 atom stereocenters. The summed E-state index contributed by atoms with van der Waals surface area (Å²) >= 11 is 0. The highest BCUT2D eigenvalue weighted by molar-refractivity contribution is 5.89. The van der Waals surface area contributed by atoms with Gasteiger partial charge in [0.2, 0.25) is 5.91 Å². The Morgan fingerprint density at radius 2 is 2.19 bits per heavy atom. The van der Waals surface area contributed by atoms with E-state index in [9.17, 15) is 4.79 Å². The molecular weight excluding hydrogens is 272 g/mol. The lowest BCUT2D eigenvalue weighted by atomic mass is 10.2. The van der Waals surface area contributed by atoms with Gasteiger partial charge in [0.05, 0.1) is 11.9 Å². The van der Waals surface area contributed by atoms with Gasteiger partial charge >= 0.3 is 0 Å². The first-order valence-electron chi connectivity index (χ1n) is 7.57. The predicted molar refractivity (Wildman–Crippen MR) is 80.1 cm³/mol. The van der Waals surface area contributed by atoms with Crippen LogP contribution in [0.25, 0.3) is 0 Å². The second-order valence-corrected chi connectivity index (χ2v) is 5.51. The second kappa shape index (κ2) is 8.31. The first-order chi connectivity index (χ1) is 10.2. The predicted octanol–water partition coefficient (Wildman–Crippen LogP) is -0.121. The molecule has 7 nitrogen and oxygen atoms in total. The zero-order chi connectivity index (χ0) is 15.1. The Hall–Kier alpha value is -1.18. The van der Waals surface area contributed by atoms with Crippen LogP contribution >= 0.6 is 0 Å². The highest BCUT2D eigenvalue weighted by Gasteiger charge is 2.30. The summed E-state index contributed by atoms with van der Waals surface area (Å²) in [5.74, 6) is 0.0212. The van der Waals surface area contributed by atoms with E-state index in [1.165, 1.54) is 12.8 Å². The van der Waals surface area contributed by atoms with E-state index in [2.05, 4.69) is 15.4 Å². The maximum absolute atomic E-state index is 12.3. The van der Waals surface area contributed by atoms with E-state index in [0.717, 1.165) is 31.9 Å². The Kier molecular flexibility index (Phi) is 6.41. The van der Waals surface area contributed by atoms with Gasteiger partial charge in [-0.1, -0.05) is 5.16 Å². The van der Waals surface area contributed by atoms with Gasteiger partial charge in [-0.15, -0.1) is 0 Å². The topological polar surface area (TPSA) is 66.4 Å². The first kappa shape index (κ1) is 16.2. The molecule has 2 rings (SSSR count). The molecule has 0 saturated carbocycles. The minimum absolute atomic E-state index is 0.0100. The maximum Gasteiger partial charge on any atom is 0.249 e. The third-order valence-electron chi connectivity index (χ3n) is 4.01. The van der Waals surface area contributed by atoms with E-state index >= 15 is 0 Å². The molecule has 0 bridgehead atoms. The number of hydrogen-bond donors (Lipinski definition) is 1. The summed E-state index contributed by atoms with van der Waals surface area (Å²) in [6.45, 7) is 4.71. The summed E-state index contributed by atoms with van der Waals surface area (Å²) in [4.78, 5) is 21.4. The molecule has 0 aromatic heterocycles. The molecule has 2 fully saturated rings. The fraction of sp³-hybridized carbons (Fsp3) is 0.857. The molecule has 0 aliphatic carbocycles. The van der Waals surface area contributed by atoms with Crippen LogP contribution in [0.15, 0.2) is 5.16 Å². The Labute approximate surface area is 126 Å². The molecule has 0 spiro atoms. The summed E-state index contributed by atoms with van der Waals surface area (Å²) in [5.41, 5.74) is 0.943. The van der Waals surface area contributed by atoms with E-state index in [4.69, 9.17) is 9.57 Å². The molecule has 2 aliphatic rings. The van der Waals surface area contributed by atoms with Crippen LogP contribution in [0.5, 0.6) is 0 Å². The largest absolute Gasteiger partial charge is 0.399 e. The standard InChI is InChI=1S/C14H26N4O3/c1-20-11-14(19)18(8-7-17-5-3-4-6-17)13-9-12(10-15-13)16-21-2/h13,15H,3-11H2,1-2H3. The number of hydrogen-bond acceptors (Lipinski definition) is 6. The summed E-state index contributed by atoms with van der Waals surface area (Å²) in [7, 11) is 3.10. The van der Waals surface area contributed by atoms with Crippen LogP contribution in [-0.4, -0.2) is 81.1 Å². The molecule has 1 N–H and O–H groups in total. The number of methoxy groups -OCH3 is 1. The van der Waals surface area contributed by atoms with Crippen molar-refractivity contribution in [2.24, 2.45) is 5.16 Å². The lowest BCUT2D eigenvalue weighted by Crippen LogP contribution is -2.49. The molecule has 0 aromatic rings. The zero-order valence-electron chi connectivity index (χ0n) is 13.0. The Bertz CT molecular complexity index is 369. The maximum atomic E-state index is 12.3. The number of oxime groups is 1. The molecule has 120 valence electrons. The highest BCUT2D eigenvalue weighted by atomic mass is 16.6. The van der Waals surface area contributed by atoms with Crippen molar-refractivity contribution in [3.63, 3.8) is 0 Å². The minimum atomic E-state index is -0.0100. The Morgan fingerprint density at radius 3 is 2.86 bits per heavy atom. The van der Waals surface area contributed by atoms with Crippen molar-refractivity contribution in [2.75, 3.05) is 53.6 Å². The summed E-state index contributed by atoms with van der Waals surface area (Å²) in [6, 6.07) is 0. The number of ether oxygens (including phenoxy) is 1. The number of carbonyl (C=O) groups is 1. The molecule has 1 unspecified atom stereocenters. The van der Waals surface area contributed by atoms with Crippen LogP contribution in [0.3, 0.4) is 0 Å². The van der Waals surface area contributed by atoms with Crippen LogP contribution in [0.1, 0.15) is 19.3 Å². The van der Waals surface area contributed by atoms with Crippen molar-refractivity contribution in [1.29, 1.82) is 0 Å². The minimum Gasteiger partial charge on any atom is -0.399 e. The van der Waals surface area contributed by atoms with Gasteiger partial charge in [0.1, 0.15) is 13.7 Å². The molecule has 0 radical (unpaired) electrons. The van der Waals surface area contributed by atoms with Gasteiger partial charge < -0.3 is 19.4 Å². The fourth-order valence-electron chi connectivity index (χ4n) is 2.94. The van der Waals surface area contributed by atoms with Gasteiger partial charge in [-0.3, -0.25) is 10.1 Å². The van der Waals surface area contributed by atoms with Gasteiger partial charge in [-0.25, -0.2) is 0 Å². The van der Waals surface area contributed by atoms with Crippen LogP contribution < -0.4 is 5.32 Å². The number of nitrogens with zero attached hydrogens (tertiary/aromatic N) is 3. The molecule has 2 saturated heterocycles. The number of amides is 1. The van der Waals surface area contributed by atoms with Crippen molar-refractivity contribution in [1.82, 2.24) is 15.1 Å². The summed E-state index contributed by atoms with van der Waals surface area (Å²) in [6.07, 6.45) is 3.23. The van der Waals surface area contributed by atoms with Crippen molar-refractivity contribution in [2.45, 2.75) is 25.4 Å². The fourth-order valence-corrected chi connectivity index (χ4v) is 2.94. The molecule has 2 heterocycles. The highest BCUT2D eigenvalue weighted by Crippen LogP contribution is 2.12. The number of carbonyl (C=O) groups excluding carboxylic acids is 1. The smallest absolute Gasteiger partial charge is 0.249 e. The van der Waals surface area contributed by atoms with E-state index in [-0.39, 0.29) is 18.7 Å². The number of rotatable bonds is 7. The average Bonchev–Trinajstić information content (AvgIpc) is 3.12. The van der Waals surface area contributed by atoms with Crippen LogP contribution in [-0.2, 0) is 14.4 Å². The van der Waals surface area contributed by atoms with Crippen molar-refractivity contribution in [3.8, 4) is 0 Å². The quantitative estimate of drug-likeness (QED) is 0.664. The normalized spacial score (nSPS) is 24.7. The SMILES string of the molecule is COCC(=O)N(CCN1CCCC1)C1CC(=NOC)CN1. The van der Waals surface area contributed by atoms with Gasteiger partial charge in [0, 0.05) is 33.2 Å². The Balaban J connectivity index is 1.91. The van der Waals surface area contributed by atoms with Gasteiger partial charge in [-0.2, -0.15) is 0 Å². The number of nitrogens with one attached hydrogen (secondary N) is 1. The first-order valence-corrected chi connectivity index (χ1v) is 7.57. The zero-order valence-corrected chi connectivity index (χ0v) is 13.0. The summed E-state index contributed by atoms with van der Waals surface area (Å²) in [5, 5.41) is 7.30. The monoisotopic (exact) mass is 298 g/mol. The third kappa shape index (κ3) is 4.66. The van der Waals surface area contributed by atoms with Crippen molar-refractivity contribution >= 4 is 11.6 Å². The van der Waals surface area contributed by atoms with Gasteiger partial charge in [0.15, 0.2) is 0 Å². The van der Waals surface area contributed by atoms with Crippen LogP contribution in [0, 0.1) is 0 Å². The molecular formula is C14H26N4O3. The van der Waals surface area contributed by atoms with E-state index in [1.807, 2.05) is 4.90 Å². The van der Waals surface area contributed by atoms with Crippen LogP contribution in [0.4, 0.5) is 0 Å². The number of likely N-dealkylation sites (tertiary alicyclic amines) is 1. The van der Waals surface area contributed by atoms with Crippen LogP contribution in [0.2, 0.25) is 0 Å². The Morgan fingerprint density at radius 1 is 1.43 bits per heavy atom. The summed E-state index contributed by atoms with van der Waals surface area (Å²) < 4.78 is 5.00.